The van der Waals surface area contributed by atoms with Gasteiger partial charge in [0.1, 0.15) is 17.3 Å². The van der Waals surface area contributed by atoms with Crippen molar-refractivity contribution in [2.75, 3.05) is 7.11 Å². The van der Waals surface area contributed by atoms with E-state index in [1.807, 2.05) is 31.2 Å². The molecule has 0 heterocycles. The summed E-state index contributed by atoms with van der Waals surface area (Å²) in [5, 5.41) is 19.3. The molecule has 7 nitrogen and oxygen atoms in total. The smallest absolute Gasteiger partial charge is 0.371 e. The van der Waals surface area contributed by atoms with Crippen LogP contribution >= 0.6 is 0 Å². The van der Waals surface area contributed by atoms with Crippen LogP contribution in [0.2, 0.25) is 0 Å². The third-order valence-electron chi connectivity index (χ3n) is 5.36. The van der Waals surface area contributed by atoms with Gasteiger partial charge < -0.3 is 19.1 Å². The Morgan fingerprint density at radius 1 is 0.943 bits per heavy atom. The van der Waals surface area contributed by atoms with Crippen molar-refractivity contribution in [3.63, 3.8) is 0 Å². The van der Waals surface area contributed by atoms with Gasteiger partial charge in [0.05, 0.1) is 7.11 Å². The zero-order valence-electron chi connectivity index (χ0n) is 19.6. The van der Waals surface area contributed by atoms with Crippen LogP contribution in [0.25, 0.3) is 6.08 Å². The van der Waals surface area contributed by atoms with Crippen LogP contribution < -0.4 is 4.18 Å². The molecule has 0 atom stereocenters. The molecule has 3 aromatic rings. The Morgan fingerprint density at radius 2 is 1.60 bits per heavy atom. The van der Waals surface area contributed by atoms with Crippen molar-refractivity contribution in [2.24, 2.45) is 0 Å². The fourth-order valence-corrected chi connectivity index (χ4v) is 4.56. The average molecular weight is 497 g/mol. The molecule has 0 saturated carbocycles. The maximum absolute atomic E-state index is 12.3. The van der Waals surface area contributed by atoms with Gasteiger partial charge in [-0.25, -0.2) is 4.79 Å². The number of rotatable bonds is 11. The molecule has 0 radical (unpaired) electrons. The van der Waals surface area contributed by atoms with Crippen LogP contribution in [0, 0.1) is 6.92 Å². The predicted molar refractivity (Wildman–Crippen MR) is 134 cm³/mol. The monoisotopic (exact) mass is 496 g/mol. The fraction of sp³-hybridized carbons (Fsp3) is 0.222. The highest BCUT2D eigenvalue weighted by molar-refractivity contribution is 7.86. The number of benzene rings is 3. The summed E-state index contributed by atoms with van der Waals surface area (Å²) in [5.41, 5.74) is 4.01. The van der Waals surface area contributed by atoms with E-state index in [9.17, 15) is 18.3 Å². The van der Waals surface area contributed by atoms with E-state index in [4.69, 9.17) is 14.0 Å². The lowest BCUT2D eigenvalue weighted by Crippen LogP contribution is -2.12. The van der Waals surface area contributed by atoms with Crippen molar-refractivity contribution >= 4 is 22.2 Å². The van der Waals surface area contributed by atoms with Crippen molar-refractivity contribution < 1.29 is 32.3 Å². The van der Waals surface area contributed by atoms with E-state index in [2.05, 4.69) is 0 Å². The van der Waals surface area contributed by atoms with Crippen LogP contribution in [-0.2, 0) is 38.2 Å². The lowest BCUT2D eigenvalue weighted by Gasteiger charge is -2.09. The molecule has 0 bridgehead atoms. The van der Waals surface area contributed by atoms with Crippen LogP contribution in [0.5, 0.6) is 11.5 Å². The van der Waals surface area contributed by atoms with Gasteiger partial charge in [-0.2, -0.15) is 8.42 Å². The van der Waals surface area contributed by atoms with Gasteiger partial charge in [0.15, 0.2) is 0 Å². The van der Waals surface area contributed by atoms with Crippen molar-refractivity contribution in [2.45, 2.75) is 31.9 Å². The molecule has 3 aromatic carbocycles. The van der Waals surface area contributed by atoms with Gasteiger partial charge in [0.2, 0.25) is 5.76 Å². The van der Waals surface area contributed by atoms with E-state index in [1.54, 1.807) is 36.4 Å². The molecule has 0 aliphatic rings. The summed E-state index contributed by atoms with van der Waals surface area (Å²) in [5.74, 6) is -1.25. The molecule has 0 spiro atoms. The normalized spacial score (nSPS) is 11.8. The summed E-state index contributed by atoms with van der Waals surface area (Å²) in [6.45, 7) is 1.94. The number of aromatic hydroxyl groups is 1. The molecule has 0 unspecified atom stereocenters. The first-order valence-electron chi connectivity index (χ1n) is 11.0. The molecule has 3 rings (SSSR count). The molecule has 2 N–H and O–H groups in total. The number of methoxy groups -OCH3 is 1. The molecule has 0 fully saturated rings. The van der Waals surface area contributed by atoms with Crippen LogP contribution in [0.15, 0.2) is 72.5 Å². The van der Waals surface area contributed by atoms with Crippen LogP contribution in [-0.4, -0.2) is 31.7 Å². The third kappa shape index (κ3) is 7.89. The molecular weight excluding hydrogens is 468 g/mol. The molecule has 0 aliphatic heterocycles. The predicted octanol–water partition coefficient (Wildman–Crippen LogP) is 4.86. The number of carbonyl (C=O) groups is 1. The second-order valence-electron chi connectivity index (χ2n) is 8.17. The zero-order chi connectivity index (χ0) is 25.4. The average Bonchev–Trinajstić information content (AvgIpc) is 2.81. The number of carboxylic acids is 1. The molecule has 8 heteroatoms. The standard InChI is InChI=1S/C27H28O7S/c1-19-6-8-21(9-7-19)18-35(31,32)34-24-14-11-20(12-15-24)4-3-5-23-13-10-22(16-25(23)28)17-26(33-2)27(29)30/h6-17,28H,3-5,18H2,1-2H3,(H,29,30)/b26-17+. The van der Waals surface area contributed by atoms with Crippen LogP contribution in [0.1, 0.15) is 34.2 Å². The highest BCUT2D eigenvalue weighted by Gasteiger charge is 2.14. The Balaban J connectivity index is 1.53. The van der Waals surface area contributed by atoms with Crippen LogP contribution in [0.4, 0.5) is 0 Å². The molecular formula is C27H28O7S. The summed E-state index contributed by atoms with van der Waals surface area (Å²) in [6.07, 6.45) is 3.45. The zero-order valence-corrected chi connectivity index (χ0v) is 20.4. The minimum absolute atomic E-state index is 0.0853. The lowest BCUT2D eigenvalue weighted by atomic mass is 10.0. The number of phenols is 1. The Labute approximate surface area is 205 Å². The Bertz CT molecular complexity index is 1290. The summed E-state index contributed by atoms with van der Waals surface area (Å²) in [7, 11) is -2.49. The van der Waals surface area contributed by atoms with E-state index in [0.29, 0.717) is 17.5 Å². The van der Waals surface area contributed by atoms with Crippen molar-refractivity contribution in [1.29, 1.82) is 0 Å². The van der Waals surface area contributed by atoms with Crippen molar-refractivity contribution in [1.82, 2.24) is 0 Å². The van der Waals surface area contributed by atoms with E-state index < -0.39 is 16.1 Å². The first-order valence-corrected chi connectivity index (χ1v) is 12.6. The number of hydrogen-bond donors (Lipinski definition) is 2. The van der Waals surface area contributed by atoms with Gasteiger partial charge in [-0.05, 0) is 72.7 Å². The molecule has 0 saturated heterocycles. The summed E-state index contributed by atoms with van der Waals surface area (Å²) in [4.78, 5) is 11.0. The summed E-state index contributed by atoms with van der Waals surface area (Å²) >= 11 is 0. The maximum Gasteiger partial charge on any atom is 0.371 e. The first-order chi connectivity index (χ1) is 16.6. The fourth-order valence-electron chi connectivity index (χ4n) is 3.50. The summed E-state index contributed by atoms with van der Waals surface area (Å²) < 4.78 is 34.7. The van der Waals surface area contributed by atoms with E-state index in [-0.39, 0.29) is 23.0 Å². The quantitative estimate of drug-likeness (QED) is 0.222. The van der Waals surface area contributed by atoms with Gasteiger partial charge in [-0.1, -0.05) is 54.1 Å². The molecule has 184 valence electrons. The molecule has 0 amide bonds. The highest BCUT2D eigenvalue weighted by atomic mass is 32.2. The van der Waals surface area contributed by atoms with Crippen molar-refractivity contribution in [3.8, 4) is 11.5 Å². The number of ether oxygens (including phenoxy) is 1. The topological polar surface area (TPSA) is 110 Å². The first kappa shape index (κ1) is 25.8. The number of hydrogen-bond acceptors (Lipinski definition) is 6. The van der Waals surface area contributed by atoms with Crippen LogP contribution in [0.3, 0.4) is 0 Å². The van der Waals surface area contributed by atoms with Gasteiger partial charge >= 0.3 is 16.1 Å². The largest absolute Gasteiger partial charge is 0.508 e. The van der Waals surface area contributed by atoms with Gasteiger partial charge in [0.25, 0.3) is 0 Å². The Hall–Kier alpha value is -3.78. The van der Waals surface area contributed by atoms with E-state index in [0.717, 1.165) is 29.5 Å². The number of aryl methyl sites for hydroxylation is 3. The van der Waals surface area contributed by atoms with Gasteiger partial charge in [-0.15, -0.1) is 0 Å². The Morgan fingerprint density at radius 3 is 2.20 bits per heavy atom. The highest BCUT2D eigenvalue weighted by Crippen LogP contribution is 2.23. The number of phenolic OH excluding ortho intramolecular Hbond substituents is 1. The second-order valence-corrected chi connectivity index (χ2v) is 9.75. The third-order valence-corrected chi connectivity index (χ3v) is 6.49. The van der Waals surface area contributed by atoms with Crippen molar-refractivity contribution in [3.05, 3.63) is 100 Å². The molecule has 35 heavy (non-hydrogen) atoms. The molecule has 0 aliphatic carbocycles. The van der Waals surface area contributed by atoms with Gasteiger partial charge in [0, 0.05) is 0 Å². The lowest BCUT2D eigenvalue weighted by molar-refractivity contribution is -0.135. The van der Waals surface area contributed by atoms with Gasteiger partial charge in [-0.3, -0.25) is 0 Å². The number of carboxylic acid groups (broad SMARTS) is 1. The van der Waals surface area contributed by atoms with E-state index in [1.165, 1.54) is 19.3 Å². The number of aliphatic carboxylic acids is 1. The molecule has 0 aromatic heterocycles. The minimum atomic E-state index is -3.76. The maximum atomic E-state index is 12.3. The second kappa shape index (κ2) is 11.6. The Kier molecular flexibility index (Phi) is 8.54. The SMILES string of the molecule is CO/C(=C/c1ccc(CCCc2ccc(OS(=O)(=O)Cc3ccc(C)cc3)cc2)c(O)c1)C(=O)O. The van der Waals surface area contributed by atoms with E-state index >= 15 is 0 Å². The summed E-state index contributed by atoms with van der Waals surface area (Å²) in [6, 6.07) is 19.2. The minimum Gasteiger partial charge on any atom is -0.508 e.